The summed E-state index contributed by atoms with van der Waals surface area (Å²) >= 11 is 0. The van der Waals surface area contributed by atoms with E-state index in [1.807, 2.05) is 12.1 Å². The Kier molecular flexibility index (Phi) is 22.0. The molecular formula is C136H87N9. The Labute approximate surface area is 838 Å². The zero-order valence-electron chi connectivity index (χ0n) is 78.8. The van der Waals surface area contributed by atoms with E-state index in [9.17, 15) is 0 Å². The van der Waals surface area contributed by atoms with E-state index >= 15 is 0 Å². The van der Waals surface area contributed by atoms with Crippen molar-refractivity contribution in [2.45, 2.75) is 5.41 Å². The van der Waals surface area contributed by atoms with Gasteiger partial charge in [-0.05, 0) is 200 Å². The lowest BCUT2D eigenvalue weighted by molar-refractivity contribution is 0.768. The van der Waals surface area contributed by atoms with Crippen LogP contribution in [0.2, 0.25) is 0 Å². The highest BCUT2D eigenvalue weighted by atomic mass is 15.1. The van der Waals surface area contributed by atoms with Crippen LogP contribution in [0, 0.1) is 0 Å². The monoisotopic (exact) mass is 1850 g/mol. The number of hydrogen-bond donors (Lipinski definition) is 0. The lowest BCUT2D eigenvalue weighted by atomic mass is 9.67. The van der Waals surface area contributed by atoms with E-state index in [1.165, 1.54) is 104 Å². The number of rotatable bonds is 14. The maximum Gasteiger partial charge on any atom is 0.164 e. The van der Waals surface area contributed by atoms with Crippen molar-refractivity contribution in [2.24, 2.45) is 0 Å². The van der Waals surface area contributed by atoms with Crippen LogP contribution in [0.4, 0.5) is 0 Å². The van der Waals surface area contributed by atoms with Crippen molar-refractivity contribution in [2.75, 3.05) is 0 Å². The van der Waals surface area contributed by atoms with E-state index in [0.29, 0.717) is 52.4 Å². The molecule has 24 aromatic carbocycles. The zero-order chi connectivity index (χ0) is 96.1. The Hall–Kier alpha value is -19.4. The maximum absolute atomic E-state index is 5.27. The van der Waals surface area contributed by atoms with Gasteiger partial charge in [0.2, 0.25) is 0 Å². The number of benzene rings is 24. The van der Waals surface area contributed by atoms with Crippen LogP contribution in [0.15, 0.2) is 528 Å². The van der Waals surface area contributed by atoms with Gasteiger partial charge in [0.15, 0.2) is 52.4 Å². The molecule has 27 aromatic rings. The first-order valence-electron chi connectivity index (χ1n) is 49.1. The maximum atomic E-state index is 5.27. The van der Waals surface area contributed by atoms with E-state index in [4.69, 9.17) is 44.9 Å². The average Bonchev–Trinajstić information content (AvgIpc) is 1.53. The lowest BCUT2D eigenvalue weighted by Gasteiger charge is -2.34. The summed E-state index contributed by atoms with van der Waals surface area (Å²) in [5.41, 5.74) is 22.7. The molecule has 3 aromatic heterocycles. The van der Waals surface area contributed by atoms with E-state index in [2.05, 4.69) is 516 Å². The van der Waals surface area contributed by atoms with Gasteiger partial charge in [-0.25, -0.2) is 44.9 Å². The Morgan fingerprint density at radius 3 is 0.669 bits per heavy atom. The van der Waals surface area contributed by atoms with Gasteiger partial charge >= 0.3 is 0 Å². The molecule has 9 heteroatoms. The topological polar surface area (TPSA) is 116 Å². The molecule has 0 atom stereocenters. The molecule has 0 N–H and O–H groups in total. The van der Waals surface area contributed by atoms with Crippen molar-refractivity contribution in [3.05, 3.63) is 550 Å². The number of fused-ring (bicyclic) bond motifs is 15. The fourth-order valence-electron chi connectivity index (χ4n) is 21.3. The molecule has 3 heterocycles. The van der Waals surface area contributed by atoms with Crippen LogP contribution in [0.1, 0.15) is 22.3 Å². The van der Waals surface area contributed by atoms with Gasteiger partial charge in [-0.1, -0.05) is 491 Å². The summed E-state index contributed by atoms with van der Waals surface area (Å²) in [5, 5.41) is 21.2. The van der Waals surface area contributed by atoms with E-state index in [0.717, 1.165) is 110 Å². The van der Waals surface area contributed by atoms with Gasteiger partial charge in [-0.15, -0.1) is 0 Å². The van der Waals surface area contributed by atoms with Crippen LogP contribution < -0.4 is 0 Å². The molecule has 0 aliphatic heterocycles. The van der Waals surface area contributed by atoms with Gasteiger partial charge in [-0.3, -0.25) is 0 Å². The summed E-state index contributed by atoms with van der Waals surface area (Å²) in [6.07, 6.45) is 0. The molecule has 0 unspecified atom stereocenters. The minimum Gasteiger partial charge on any atom is -0.208 e. The predicted molar refractivity (Wildman–Crippen MR) is 600 cm³/mol. The van der Waals surface area contributed by atoms with Crippen LogP contribution in [0.25, 0.3) is 244 Å². The van der Waals surface area contributed by atoms with Crippen molar-refractivity contribution < 1.29 is 0 Å². The summed E-state index contributed by atoms with van der Waals surface area (Å²) in [6.45, 7) is 0. The molecular weight excluding hydrogens is 1760 g/mol. The molecule has 0 saturated heterocycles. The zero-order valence-corrected chi connectivity index (χ0v) is 78.8. The van der Waals surface area contributed by atoms with Gasteiger partial charge < -0.3 is 0 Å². The number of nitrogens with zero attached hydrogens (tertiary/aromatic N) is 9. The Balaban J connectivity index is 0.000000112. The van der Waals surface area contributed by atoms with Crippen LogP contribution >= 0.6 is 0 Å². The van der Waals surface area contributed by atoms with Crippen LogP contribution in [-0.4, -0.2) is 44.9 Å². The second-order valence-electron chi connectivity index (χ2n) is 36.9. The van der Waals surface area contributed by atoms with Crippen molar-refractivity contribution >= 4 is 97.0 Å². The average molecular weight is 1850 g/mol. The van der Waals surface area contributed by atoms with Crippen molar-refractivity contribution in [3.8, 4) is 147 Å². The quantitative estimate of drug-likeness (QED) is 0.0981. The molecule has 1 aliphatic carbocycles. The lowest BCUT2D eigenvalue weighted by Crippen LogP contribution is -2.28. The van der Waals surface area contributed by atoms with E-state index in [-0.39, 0.29) is 0 Å². The second kappa shape index (κ2) is 37.1. The standard InChI is InChI=1S/C54H35N3.C43H27N3.C39H25N3/c1-3-15-36(16-4-1)37-27-29-38(30-28-37)51-55-52(57-53(56-51)48-35-40-17-7-8-20-43(40)44-21-9-10-22-45(44)48)39-31-33-42(34-32-39)54(41-18-5-2-6-19-41)49-25-13-11-23-46(49)47-24-12-14-26-50(47)54;1-3-11-32-25-34(23-19-28(32)9-1)30-17-21-31(22-18-30)41-44-42(36-24-20-29-10-2-4-12-33(29)26-36)46-43(45-41)40-27-35-13-5-6-14-37(35)38-15-7-8-16-39(38)40;1-2-10-26(11-3-1)28-18-21-29(22-19-28)37-40-38(32-23-20-27-12-4-5-13-30(27)24-32)42-39(41-37)36-25-31-14-6-7-15-33(31)34-16-8-9-17-35(34)36/h1-35H;1-27H;1-25H. The van der Waals surface area contributed by atoms with Crippen molar-refractivity contribution in [3.63, 3.8) is 0 Å². The third kappa shape index (κ3) is 16.2. The number of aromatic nitrogens is 9. The first-order chi connectivity index (χ1) is 71.8. The van der Waals surface area contributed by atoms with Gasteiger partial charge in [0.05, 0.1) is 5.41 Å². The largest absolute Gasteiger partial charge is 0.208 e. The van der Waals surface area contributed by atoms with E-state index < -0.39 is 5.41 Å². The van der Waals surface area contributed by atoms with Gasteiger partial charge in [0, 0.05) is 50.1 Å². The molecule has 0 bridgehead atoms. The smallest absolute Gasteiger partial charge is 0.164 e. The molecule has 28 rings (SSSR count). The molecule has 0 amide bonds. The fourth-order valence-corrected chi connectivity index (χ4v) is 21.3. The third-order valence-corrected chi connectivity index (χ3v) is 28.4. The number of hydrogen-bond acceptors (Lipinski definition) is 9. The summed E-state index contributed by atoms with van der Waals surface area (Å²) in [4.78, 5) is 46.3. The molecule has 0 radical (unpaired) electrons. The molecule has 1 aliphatic rings. The van der Waals surface area contributed by atoms with Crippen molar-refractivity contribution in [1.29, 1.82) is 0 Å². The van der Waals surface area contributed by atoms with Gasteiger partial charge in [0.25, 0.3) is 0 Å². The minimum atomic E-state index is -0.479. The Bertz CT molecular complexity index is 9630. The highest BCUT2D eigenvalue weighted by Crippen LogP contribution is 2.57. The van der Waals surface area contributed by atoms with E-state index in [1.54, 1.807) is 0 Å². The molecule has 0 fully saturated rings. The minimum absolute atomic E-state index is 0.479. The molecule has 676 valence electrons. The summed E-state index contributed by atoms with van der Waals surface area (Å²) in [6, 6.07) is 186. The first-order valence-corrected chi connectivity index (χ1v) is 49.1. The first kappa shape index (κ1) is 86.0. The predicted octanol–water partition coefficient (Wildman–Crippen LogP) is 34.4. The van der Waals surface area contributed by atoms with Crippen LogP contribution in [0.3, 0.4) is 0 Å². The molecule has 0 saturated carbocycles. The highest BCUT2D eigenvalue weighted by Gasteiger charge is 2.46. The van der Waals surface area contributed by atoms with Crippen LogP contribution in [0.5, 0.6) is 0 Å². The third-order valence-electron chi connectivity index (χ3n) is 28.4. The van der Waals surface area contributed by atoms with Gasteiger partial charge in [0.1, 0.15) is 0 Å². The fraction of sp³-hybridized carbons (Fsp3) is 0.00735. The highest BCUT2D eigenvalue weighted by molar-refractivity contribution is 6.16. The summed E-state index contributed by atoms with van der Waals surface area (Å²) in [5.74, 6) is 5.85. The van der Waals surface area contributed by atoms with Crippen LogP contribution in [-0.2, 0) is 5.41 Å². The van der Waals surface area contributed by atoms with Crippen molar-refractivity contribution in [1.82, 2.24) is 44.9 Å². The Morgan fingerprint density at radius 2 is 0.324 bits per heavy atom. The Morgan fingerprint density at radius 1 is 0.110 bits per heavy atom. The summed E-state index contributed by atoms with van der Waals surface area (Å²) in [7, 11) is 0. The molecule has 145 heavy (non-hydrogen) atoms. The SMILES string of the molecule is c1ccc(-c2ccc(-c3nc(-c4ccc(C5(c6ccccc6)c6ccccc6-c6ccccc65)cc4)nc(-c4cc5ccccc5c5ccccc45)n3)cc2)cc1.c1ccc(-c2ccc(-c3nc(-c4ccc5ccccc5c4)nc(-c4cc5ccccc5c5ccccc45)n3)cc2)cc1.c1ccc2cc(-c3ccc(-c4nc(-c5ccc6ccccc6c5)nc(-c5cc6ccccc6c6ccccc56)n4)cc3)ccc2c1. The second-order valence-corrected chi connectivity index (χ2v) is 36.9. The molecule has 0 spiro atoms. The molecule has 9 nitrogen and oxygen atoms in total. The van der Waals surface area contributed by atoms with Gasteiger partial charge in [-0.2, -0.15) is 0 Å². The summed E-state index contributed by atoms with van der Waals surface area (Å²) < 4.78 is 0. The normalized spacial score (nSPS) is 11.9.